The molecule has 1 fully saturated rings. The predicted octanol–water partition coefficient (Wildman–Crippen LogP) is 3.10. The third-order valence-electron chi connectivity index (χ3n) is 6.87. The van der Waals surface area contributed by atoms with Crippen LogP contribution in [0.25, 0.3) is 0 Å². The van der Waals surface area contributed by atoms with Gasteiger partial charge in [-0.15, -0.1) is 0 Å². The number of carbonyl (C=O) groups excluding carboxylic acids is 2. The lowest BCUT2D eigenvalue weighted by atomic mass is 10.2. The van der Waals surface area contributed by atoms with E-state index in [2.05, 4.69) is 72.8 Å². The van der Waals surface area contributed by atoms with Gasteiger partial charge in [0.1, 0.15) is 34.5 Å². The lowest BCUT2D eigenvalue weighted by molar-refractivity contribution is -0.116. The van der Waals surface area contributed by atoms with Crippen molar-refractivity contribution in [1.82, 2.24) is 0 Å². The number of amides is 1. The zero-order chi connectivity index (χ0) is 27.5. The van der Waals surface area contributed by atoms with Crippen LogP contribution in [0.1, 0.15) is 27.2 Å². The summed E-state index contributed by atoms with van der Waals surface area (Å²) in [4.78, 5) is 28.3. The smallest absolute Gasteiger partial charge is 0.514 e. The fourth-order valence-electron chi connectivity index (χ4n) is 5.32. The Labute approximate surface area is 247 Å². The van der Waals surface area contributed by atoms with Crippen molar-refractivity contribution >= 4 is 40.9 Å². The van der Waals surface area contributed by atoms with Crippen LogP contribution in [-0.2, 0) is 9.53 Å². The average molecular weight is 619 g/mol. The molecule has 4 aromatic carbocycles. The Hall–Kier alpha value is -3.47. The Morgan fingerprint density at radius 1 is 0.750 bits per heavy atom. The number of anilines is 1. The first-order valence-electron chi connectivity index (χ1n) is 13.2. The van der Waals surface area contributed by atoms with Crippen molar-refractivity contribution in [3.05, 3.63) is 115 Å². The lowest BCUT2D eigenvalue weighted by Gasteiger charge is -2.32. The Morgan fingerprint density at radius 3 is 1.62 bits per heavy atom. The number of benzene rings is 4. The van der Waals surface area contributed by atoms with Gasteiger partial charge in [-0.3, -0.25) is 4.79 Å². The van der Waals surface area contributed by atoms with E-state index in [4.69, 9.17) is 9.47 Å². The topological polar surface area (TPSA) is 55.8 Å². The van der Waals surface area contributed by atoms with Crippen molar-refractivity contribution in [2.75, 3.05) is 11.4 Å². The van der Waals surface area contributed by atoms with Crippen LogP contribution in [0.4, 0.5) is 10.5 Å². The number of hydrogen-bond donors (Lipinski definition) is 0. The van der Waals surface area contributed by atoms with Crippen molar-refractivity contribution in [1.29, 1.82) is 0 Å². The molecule has 0 saturated carbocycles. The van der Waals surface area contributed by atoms with E-state index in [1.165, 1.54) is 15.9 Å². The van der Waals surface area contributed by atoms with Crippen LogP contribution in [0.15, 0.2) is 115 Å². The van der Waals surface area contributed by atoms with Gasteiger partial charge in [-0.05, 0) is 81.4 Å². The highest BCUT2D eigenvalue weighted by Gasteiger charge is 2.58. The summed E-state index contributed by atoms with van der Waals surface area (Å²) >= 11 is 0. The second kappa shape index (κ2) is 12.4. The quantitative estimate of drug-likeness (QED) is 0.190. The highest BCUT2D eigenvalue weighted by molar-refractivity contribution is 7.97. The van der Waals surface area contributed by atoms with Crippen LogP contribution in [-0.4, -0.2) is 29.9 Å². The van der Waals surface area contributed by atoms with Crippen molar-refractivity contribution in [2.24, 2.45) is 0 Å². The molecular weight excluding hydrogens is 585 g/mol. The minimum Gasteiger partial charge on any atom is -1.00 e. The van der Waals surface area contributed by atoms with Gasteiger partial charge in [0.2, 0.25) is 0 Å². The van der Waals surface area contributed by atoms with Gasteiger partial charge in [0.05, 0.1) is 0 Å². The second-order valence-corrected chi connectivity index (χ2v) is 14.2. The van der Waals surface area contributed by atoms with E-state index in [0.29, 0.717) is 12.3 Å². The maximum atomic E-state index is 14.3. The zero-order valence-electron chi connectivity index (χ0n) is 22.9. The van der Waals surface area contributed by atoms with Crippen LogP contribution in [0.2, 0.25) is 0 Å². The van der Waals surface area contributed by atoms with Crippen LogP contribution in [0.5, 0.6) is 5.75 Å². The van der Waals surface area contributed by atoms with Crippen LogP contribution >= 0.6 is 7.26 Å². The largest absolute Gasteiger partial charge is 1.00 e. The highest BCUT2D eigenvalue weighted by atomic mass is 79.9. The number of rotatable bonds is 6. The van der Waals surface area contributed by atoms with Crippen molar-refractivity contribution < 1.29 is 36.0 Å². The molecule has 1 atom stereocenters. The molecular formula is C33H33BrNO4P. The number of ether oxygens (including phenoxy) is 2. The fourth-order valence-corrected chi connectivity index (χ4v) is 10.2. The molecule has 0 radical (unpaired) electrons. The van der Waals surface area contributed by atoms with Crippen molar-refractivity contribution in [3.63, 3.8) is 0 Å². The van der Waals surface area contributed by atoms with Gasteiger partial charge in [-0.2, -0.15) is 0 Å². The summed E-state index contributed by atoms with van der Waals surface area (Å²) < 4.78 is 10.6. The van der Waals surface area contributed by atoms with E-state index in [1.54, 1.807) is 32.9 Å². The van der Waals surface area contributed by atoms with Crippen LogP contribution in [0.3, 0.4) is 0 Å². The Bertz CT molecular complexity index is 1330. The molecule has 0 spiro atoms. The third-order valence-corrected chi connectivity index (χ3v) is 11.6. The minimum atomic E-state index is -2.34. The molecule has 0 aliphatic carbocycles. The summed E-state index contributed by atoms with van der Waals surface area (Å²) in [6, 6.07) is 38.6. The minimum absolute atomic E-state index is 0. The molecule has 1 heterocycles. The number of nitrogens with zero attached hydrogens (tertiary/aromatic N) is 1. The molecule has 1 saturated heterocycles. The number of carbonyl (C=O) groups is 2. The van der Waals surface area contributed by atoms with Gasteiger partial charge >= 0.3 is 6.16 Å². The standard InChI is InChI=1S/C33H33NO4P.BrH/c1-33(2,3)38-32(36)37-26-21-19-25(20-22-26)34-24-23-30(31(34)35)39(27-13-7-4-8-14-27,28-15-9-5-10-16-28)29-17-11-6-12-18-29;/h4-22,30H,23-24H2,1-3H3;1H/q+1;/p-1. The molecule has 1 aliphatic rings. The van der Waals surface area contributed by atoms with Gasteiger partial charge in [0.15, 0.2) is 5.66 Å². The Balaban J connectivity index is 0.00000370. The molecule has 0 N–H and O–H groups in total. The maximum Gasteiger partial charge on any atom is 0.514 e. The molecule has 5 nitrogen and oxygen atoms in total. The van der Waals surface area contributed by atoms with Gasteiger partial charge < -0.3 is 31.4 Å². The van der Waals surface area contributed by atoms with Crippen LogP contribution < -0.4 is 42.5 Å². The summed E-state index contributed by atoms with van der Waals surface area (Å²) in [6.45, 7) is 5.98. The van der Waals surface area contributed by atoms with E-state index >= 15 is 0 Å². The molecule has 1 aliphatic heterocycles. The van der Waals surface area contributed by atoms with Gasteiger partial charge in [0.25, 0.3) is 5.91 Å². The van der Waals surface area contributed by atoms with Gasteiger partial charge in [-0.25, -0.2) is 4.79 Å². The number of hydrogen-bond acceptors (Lipinski definition) is 4. The van der Waals surface area contributed by atoms with Crippen molar-refractivity contribution in [2.45, 2.75) is 38.5 Å². The second-order valence-electron chi connectivity index (χ2n) is 10.6. The summed E-state index contributed by atoms with van der Waals surface area (Å²) in [7, 11) is -2.34. The average Bonchev–Trinajstić information content (AvgIpc) is 3.32. The molecule has 40 heavy (non-hydrogen) atoms. The zero-order valence-corrected chi connectivity index (χ0v) is 25.3. The normalized spacial score (nSPS) is 15.3. The van der Waals surface area contributed by atoms with E-state index in [-0.39, 0.29) is 28.5 Å². The summed E-state index contributed by atoms with van der Waals surface area (Å²) in [5.41, 5.74) is -0.0615. The van der Waals surface area contributed by atoms with Crippen molar-refractivity contribution in [3.8, 4) is 5.75 Å². The molecule has 7 heteroatoms. The lowest BCUT2D eigenvalue weighted by Crippen LogP contribution is -3.00. The Morgan fingerprint density at radius 2 is 1.20 bits per heavy atom. The monoisotopic (exact) mass is 617 g/mol. The summed E-state index contributed by atoms with van der Waals surface area (Å²) in [5, 5.41) is 3.59. The summed E-state index contributed by atoms with van der Waals surface area (Å²) in [5.74, 6) is 0.483. The first-order valence-corrected chi connectivity index (χ1v) is 15.0. The molecule has 5 rings (SSSR count). The molecule has 0 bridgehead atoms. The maximum absolute atomic E-state index is 14.3. The van der Waals surface area contributed by atoms with Crippen LogP contribution in [0, 0.1) is 0 Å². The first-order chi connectivity index (χ1) is 18.8. The number of halogens is 1. The Kier molecular flexibility index (Phi) is 9.12. The highest BCUT2D eigenvalue weighted by Crippen LogP contribution is 2.62. The molecule has 4 aromatic rings. The molecule has 206 valence electrons. The third kappa shape index (κ3) is 5.99. The molecule has 1 unspecified atom stereocenters. The van der Waals surface area contributed by atoms with E-state index in [0.717, 1.165) is 12.1 Å². The predicted molar refractivity (Wildman–Crippen MR) is 159 cm³/mol. The van der Waals surface area contributed by atoms with Gasteiger partial charge in [0, 0.05) is 18.7 Å². The van der Waals surface area contributed by atoms with E-state index in [9.17, 15) is 9.59 Å². The first kappa shape index (κ1) is 29.5. The van der Waals surface area contributed by atoms with Gasteiger partial charge in [-0.1, -0.05) is 54.6 Å². The van der Waals surface area contributed by atoms with E-state index < -0.39 is 19.0 Å². The van der Waals surface area contributed by atoms with E-state index in [1.807, 2.05) is 35.2 Å². The molecule has 0 aromatic heterocycles. The molecule has 1 amide bonds. The summed E-state index contributed by atoms with van der Waals surface area (Å²) in [6.07, 6.45) is -0.0164. The fraction of sp³-hybridized carbons (Fsp3) is 0.212. The SMILES string of the molecule is CC(C)(C)OC(=O)Oc1ccc(N2CCC([P+](c3ccccc3)(c3ccccc3)c3ccccc3)C2=O)cc1.[Br-].